The van der Waals surface area contributed by atoms with Gasteiger partial charge in [-0.15, -0.1) is 0 Å². The second kappa shape index (κ2) is 7.12. The predicted molar refractivity (Wildman–Crippen MR) is 72.3 cm³/mol. The molecule has 1 aromatic rings. The first kappa shape index (κ1) is 15.4. The summed E-state index contributed by atoms with van der Waals surface area (Å²) in [5.74, 6) is -2.83. The maximum Gasteiger partial charge on any atom is 0.311 e. The predicted octanol–water partition coefficient (Wildman–Crippen LogP) is 0.403. The first-order chi connectivity index (χ1) is 10.1. The Morgan fingerprint density at radius 1 is 1.24 bits per heavy atom. The monoisotopic (exact) mass is 297 g/mol. The molecule has 1 fully saturated rings. The molecule has 21 heavy (non-hydrogen) atoms. The molecule has 0 radical (unpaired) electrons. The Labute approximate surface area is 121 Å². The van der Waals surface area contributed by atoms with E-state index in [4.69, 9.17) is 0 Å². The highest BCUT2D eigenvalue weighted by atomic mass is 19.1. The molecule has 0 unspecified atom stereocenters. The highest BCUT2D eigenvalue weighted by Gasteiger charge is 2.22. The topological polar surface area (TPSA) is 61.4 Å². The number of rotatable bonds is 2. The highest BCUT2D eigenvalue weighted by molar-refractivity contribution is 6.34. The molecule has 0 atom stereocenters. The van der Waals surface area contributed by atoms with E-state index in [9.17, 15) is 18.4 Å². The second-order valence-electron chi connectivity index (χ2n) is 4.81. The van der Waals surface area contributed by atoms with Gasteiger partial charge in [-0.05, 0) is 19.0 Å². The molecule has 1 heterocycles. The fraction of sp³-hybridized carbons (Fsp3) is 0.429. The normalized spacial score (nSPS) is 15.4. The lowest BCUT2D eigenvalue weighted by atomic mass is 10.2. The van der Waals surface area contributed by atoms with E-state index in [1.54, 1.807) is 0 Å². The summed E-state index contributed by atoms with van der Waals surface area (Å²) in [4.78, 5) is 25.2. The summed E-state index contributed by atoms with van der Waals surface area (Å²) in [5.41, 5.74) is 0.134. The smallest absolute Gasteiger partial charge is 0.311 e. The van der Waals surface area contributed by atoms with Crippen LogP contribution in [0.15, 0.2) is 18.2 Å². The maximum absolute atomic E-state index is 13.4. The van der Waals surface area contributed by atoms with Gasteiger partial charge in [0.15, 0.2) is 0 Å². The summed E-state index contributed by atoms with van der Waals surface area (Å²) in [7, 11) is 0. The Morgan fingerprint density at radius 2 is 2.05 bits per heavy atom. The van der Waals surface area contributed by atoms with Crippen LogP contribution < -0.4 is 10.6 Å². The lowest BCUT2D eigenvalue weighted by molar-refractivity contribution is -0.145. The van der Waals surface area contributed by atoms with E-state index >= 15 is 0 Å². The zero-order valence-corrected chi connectivity index (χ0v) is 11.5. The second-order valence-corrected chi connectivity index (χ2v) is 4.81. The molecule has 2 N–H and O–H groups in total. The number of nitrogens with zero attached hydrogens (tertiary/aromatic N) is 1. The number of amides is 2. The van der Waals surface area contributed by atoms with Crippen LogP contribution in [0.2, 0.25) is 0 Å². The number of hydrogen-bond acceptors (Lipinski definition) is 3. The standard InChI is InChI=1S/C14H17F2N3O2/c15-11-3-2-10(12(16)8-11)9-18-13(20)14(21)19-6-1-4-17-5-7-19/h2-3,8,17H,1,4-7,9H2,(H,18,20). The number of halogens is 2. The van der Waals surface area contributed by atoms with Crippen molar-refractivity contribution in [2.75, 3.05) is 26.2 Å². The van der Waals surface area contributed by atoms with Crippen molar-refractivity contribution in [2.24, 2.45) is 0 Å². The molecule has 2 rings (SSSR count). The number of carbonyl (C=O) groups is 2. The van der Waals surface area contributed by atoms with Crippen LogP contribution in [0.1, 0.15) is 12.0 Å². The van der Waals surface area contributed by atoms with Crippen molar-refractivity contribution in [1.82, 2.24) is 15.5 Å². The van der Waals surface area contributed by atoms with Gasteiger partial charge in [0, 0.05) is 37.8 Å². The third kappa shape index (κ3) is 4.22. The van der Waals surface area contributed by atoms with Crippen molar-refractivity contribution in [3.8, 4) is 0 Å². The van der Waals surface area contributed by atoms with E-state index in [2.05, 4.69) is 10.6 Å². The molecule has 1 aliphatic heterocycles. The molecular weight excluding hydrogens is 280 g/mol. The zero-order valence-electron chi connectivity index (χ0n) is 11.5. The molecular formula is C14H17F2N3O2. The Hall–Kier alpha value is -2.02. The summed E-state index contributed by atoms with van der Waals surface area (Å²) in [6, 6.07) is 3.09. The van der Waals surface area contributed by atoms with E-state index in [1.165, 1.54) is 11.0 Å². The van der Waals surface area contributed by atoms with Gasteiger partial charge in [0.05, 0.1) is 0 Å². The molecule has 0 aromatic heterocycles. The largest absolute Gasteiger partial charge is 0.344 e. The van der Waals surface area contributed by atoms with Crippen LogP contribution in [0.25, 0.3) is 0 Å². The summed E-state index contributed by atoms with van der Waals surface area (Å²) in [5, 5.41) is 5.49. The fourth-order valence-corrected chi connectivity index (χ4v) is 2.11. The molecule has 0 spiro atoms. The Bertz CT molecular complexity index is 529. The quantitative estimate of drug-likeness (QED) is 0.777. The van der Waals surface area contributed by atoms with E-state index in [0.717, 1.165) is 25.1 Å². The minimum absolute atomic E-state index is 0.134. The third-order valence-electron chi connectivity index (χ3n) is 3.28. The van der Waals surface area contributed by atoms with E-state index < -0.39 is 23.4 Å². The van der Waals surface area contributed by atoms with Gasteiger partial charge >= 0.3 is 11.8 Å². The van der Waals surface area contributed by atoms with Crippen LogP contribution in [0.3, 0.4) is 0 Å². The lowest BCUT2D eigenvalue weighted by Gasteiger charge is -2.19. The van der Waals surface area contributed by atoms with Gasteiger partial charge in [0.25, 0.3) is 0 Å². The van der Waals surface area contributed by atoms with Crippen molar-refractivity contribution in [2.45, 2.75) is 13.0 Å². The van der Waals surface area contributed by atoms with Crippen molar-refractivity contribution >= 4 is 11.8 Å². The molecule has 1 saturated heterocycles. The summed E-state index contributed by atoms with van der Waals surface area (Å²) < 4.78 is 26.2. The molecule has 1 aliphatic rings. The number of nitrogens with one attached hydrogen (secondary N) is 2. The van der Waals surface area contributed by atoms with Crippen molar-refractivity contribution in [3.63, 3.8) is 0 Å². The van der Waals surface area contributed by atoms with Gasteiger partial charge in [0.2, 0.25) is 0 Å². The van der Waals surface area contributed by atoms with Gasteiger partial charge in [0.1, 0.15) is 11.6 Å². The molecule has 0 bridgehead atoms. The average molecular weight is 297 g/mol. The zero-order chi connectivity index (χ0) is 15.2. The van der Waals surface area contributed by atoms with Crippen LogP contribution >= 0.6 is 0 Å². The molecule has 2 amide bonds. The van der Waals surface area contributed by atoms with Crippen LogP contribution in [-0.4, -0.2) is 42.9 Å². The lowest BCUT2D eigenvalue weighted by Crippen LogP contribution is -2.44. The SMILES string of the molecule is O=C(NCc1ccc(F)cc1F)C(=O)N1CCCNCC1. The van der Waals surface area contributed by atoms with Gasteiger partial charge in [-0.2, -0.15) is 0 Å². The van der Waals surface area contributed by atoms with E-state index in [0.29, 0.717) is 19.6 Å². The van der Waals surface area contributed by atoms with E-state index in [1.807, 2.05) is 0 Å². The number of hydrogen-bond donors (Lipinski definition) is 2. The van der Waals surface area contributed by atoms with E-state index in [-0.39, 0.29) is 12.1 Å². The van der Waals surface area contributed by atoms with Gasteiger partial charge in [-0.25, -0.2) is 8.78 Å². The Kier molecular flexibility index (Phi) is 5.21. The summed E-state index contributed by atoms with van der Waals surface area (Å²) in [6.07, 6.45) is 0.783. The summed E-state index contributed by atoms with van der Waals surface area (Å²) in [6.45, 7) is 2.29. The minimum atomic E-state index is -0.777. The van der Waals surface area contributed by atoms with Crippen LogP contribution in [0, 0.1) is 11.6 Å². The molecule has 5 nitrogen and oxygen atoms in total. The van der Waals surface area contributed by atoms with Crippen LogP contribution in [-0.2, 0) is 16.1 Å². The first-order valence-corrected chi connectivity index (χ1v) is 6.79. The first-order valence-electron chi connectivity index (χ1n) is 6.79. The summed E-state index contributed by atoms with van der Waals surface area (Å²) >= 11 is 0. The van der Waals surface area contributed by atoms with Gasteiger partial charge in [-0.1, -0.05) is 6.07 Å². The Morgan fingerprint density at radius 3 is 2.81 bits per heavy atom. The minimum Gasteiger partial charge on any atom is -0.344 e. The average Bonchev–Trinajstić information content (AvgIpc) is 2.74. The number of carbonyl (C=O) groups excluding carboxylic acids is 2. The molecule has 0 aliphatic carbocycles. The van der Waals surface area contributed by atoms with Crippen LogP contribution in [0.4, 0.5) is 8.78 Å². The molecule has 7 heteroatoms. The van der Waals surface area contributed by atoms with Crippen LogP contribution in [0.5, 0.6) is 0 Å². The maximum atomic E-state index is 13.4. The number of benzene rings is 1. The van der Waals surface area contributed by atoms with Crippen molar-refractivity contribution < 1.29 is 18.4 Å². The molecule has 0 saturated carbocycles. The van der Waals surface area contributed by atoms with Gasteiger partial charge in [-0.3, -0.25) is 9.59 Å². The third-order valence-corrected chi connectivity index (χ3v) is 3.28. The van der Waals surface area contributed by atoms with Crippen molar-refractivity contribution in [1.29, 1.82) is 0 Å². The fourth-order valence-electron chi connectivity index (χ4n) is 2.11. The molecule has 1 aromatic carbocycles. The highest BCUT2D eigenvalue weighted by Crippen LogP contribution is 2.09. The Balaban J connectivity index is 1.90. The van der Waals surface area contributed by atoms with Gasteiger partial charge < -0.3 is 15.5 Å². The van der Waals surface area contributed by atoms with Crippen molar-refractivity contribution in [3.05, 3.63) is 35.4 Å². The molecule has 114 valence electrons.